The summed E-state index contributed by atoms with van der Waals surface area (Å²) in [5.41, 5.74) is 6.79. The predicted molar refractivity (Wildman–Crippen MR) is 211 cm³/mol. The highest BCUT2D eigenvalue weighted by atomic mass is 16.6. The third-order valence-electron chi connectivity index (χ3n) is 10.8. The maximum absolute atomic E-state index is 14.3. The summed E-state index contributed by atoms with van der Waals surface area (Å²) in [5.74, 6) is -3.83. The van der Waals surface area contributed by atoms with Crippen LogP contribution in [0.1, 0.15) is 103 Å². The predicted octanol–water partition coefficient (Wildman–Crippen LogP) is 1.56. The van der Waals surface area contributed by atoms with E-state index in [2.05, 4.69) is 10.6 Å². The van der Waals surface area contributed by atoms with Crippen LogP contribution >= 0.6 is 0 Å². The molecule has 3 aliphatic rings. The van der Waals surface area contributed by atoms with E-state index in [1.54, 1.807) is 33.9 Å². The number of aromatic nitrogens is 2. The first kappa shape index (κ1) is 44.1. The Bertz CT molecular complexity index is 2080. The molecule has 4 heterocycles. The highest BCUT2D eigenvalue weighted by Gasteiger charge is 2.44. The highest BCUT2D eigenvalue weighted by molar-refractivity contribution is 6.00. The Balaban J connectivity index is 1.20. The van der Waals surface area contributed by atoms with Gasteiger partial charge < -0.3 is 30.7 Å². The van der Waals surface area contributed by atoms with E-state index in [0.717, 1.165) is 36.1 Å². The fourth-order valence-corrected chi connectivity index (χ4v) is 7.94. The molecule has 3 aliphatic heterocycles. The number of nitrogens with one attached hydrogen (secondary N) is 2. The summed E-state index contributed by atoms with van der Waals surface area (Å²) in [5, 5.41) is 14.8. The molecule has 0 saturated carbocycles. The van der Waals surface area contributed by atoms with Crippen LogP contribution in [0.15, 0.2) is 34.8 Å². The molecule has 0 bridgehead atoms. The van der Waals surface area contributed by atoms with Crippen LogP contribution in [0.2, 0.25) is 0 Å². The van der Waals surface area contributed by atoms with Gasteiger partial charge in [0.15, 0.2) is 0 Å². The van der Waals surface area contributed by atoms with Crippen LogP contribution in [0.4, 0.5) is 4.79 Å². The lowest BCUT2D eigenvalue weighted by Gasteiger charge is -2.41. The zero-order chi connectivity index (χ0) is 43.2. The molecule has 1 aromatic heterocycles. The van der Waals surface area contributed by atoms with E-state index in [4.69, 9.17) is 10.5 Å². The van der Waals surface area contributed by atoms with Crippen molar-refractivity contribution in [3.63, 3.8) is 0 Å². The Hall–Kier alpha value is -6.01. The van der Waals surface area contributed by atoms with E-state index in [0.29, 0.717) is 29.6 Å². The smallest absolute Gasteiger partial charge is 0.408 e. The largest absolute Gasteiger partial charge is 0.480 e. The van der Waals surface area contributed by atoms with E-state index >= 15 is 0 Å². The summed E-state index contributed by atoms with van der Waals surface area (Å²) in [4.78, 5) is 118. The first-order valence-electron chi connectivity index (χ1n) is 20.0. The molecule has 320 valence electrons. The number of nitrogens with zero attached hydrogens (tertiary/aromatic N) is 5. The number of imidazole rings is 1. The first-order chi connectivity index (χ1) is 27.9. The SMILES string of the molecule is Cn1c(=O)n(C2CCC(=O)NC2=O)c2ccc(CCCCCCC(=O)N3CCC4=CC[C@@H](N(C=O)[C@@H](CCC(N)=O)C(=O)O)N4C(=O)[C@@H](NC(=O)OC(C)(C)C)C3)cc21. The van der Waals surface area contributed by atoms with E-state index in [-0.39, 0.29) is 75.5 Å². The molecule has 7 amide bonds. The minimum Gasteiger partial charge on any atom is -0.480 e. The third-order valence-corrected chi connectivity index (χ3v) is 10.8. The number of nitrogens with two attached hydrogens (primary N) is 1. The number of ether oxygens (including phenoxy) is 1. The lowest BCUT2D eigenvalue weighted by atomic mass is 10.0. The number of imide groups is 1. The van der Waals surface area contributed by atoms with Gasteiger partial charge in [-0.2, -0.15) is 0 Å². The lowest BCUT2D eigenvalue weighted by molar-refractivity contribution is -0.154. The van der Waals surface area contributed by atoms with E-state index < -0.39 is 59.7 Å². The van der Waals surface area contributed by atoms with Crippen molar-refractivity contribution in [3.8, 4) is 0 Å². The number of carboxylic acid groups (broad SMARTS) is 1. The summed E-state index contributed by atoms with van der Waals surface area (Å²) in [7, 11) is 1.65. The number of carbonyl (C=O) groups excluding carboxylic acids is 7. The summed E-state index contributed by atoms with van der Waals surface area (Å²) in [6.45, 7) is 4.98. The van der Waals surface area contributed by atoms with Crippen molar-refractivity contribution in [2.75, 3.05) is 13.1 Å². The maximum atomic E-state index is 14.3. The normalized spacial score (nSPS) is 20.2. The number of hydrogen-bond donors (Lipinski definition) is 4. The van der Waals surface area contributed by atoms with Crippen molar-refractivity contribution in [1.29, 1.82) is 0 Å². The van der Waals surface area contributed by atoms with Crippen LogP contribution in [0, 0.1) is 0 Å². The number of carbonyl (C=O) groups is 8. The number of amides is 7. The minimum atomic E-state index is -1.45. The molecule has 1 unspecified atom stereocenters. The average molecular weight is 823 g/mol. The standard InChI is InChI=1S/C40H54N8O11/c1-40(2,3)59-38(57)42-26-22-45(20-19-25-12-18-33(47(25)36(26)54)46(23-49)29(37(55)56)14-16-31(41)50)34(52)10-8-6-5-7-9-24-11-13-27-30(21-24)44(4)39(58)48(27)28-15-17-32(51)43-35(28)53/h11-13,21,23,26,28-29,33H,5-10,14-20,22H2,1-4H3,(H2,41,50)(H,42,57)(H,55,56)(H,43,51,53)/t26-,28?,29-,33-/m0/s1. The Kier molecular flexibility index (Phi) is 14.0. The van der Waals surface area contributed by atoms with Gasteiger partial charge in [-0.3, -0.25) is 48.1 Å². The zero-order valence-electron chi connectivity index (χ0n) is 33.9. The van der Waals surface area contributed by atoms with Gasteiger partial charge in [-0.15, -0.1) is 0 Å². The van der Waals surface area contributed by atoms with Crippen LogP contribution in [0.25, 0.3) is 11.0 Å². The van der Waals surface area contributed by atoms with Crippen molar-refractivity contribution >= 4 is 59.0 Å². The number of hydrogen-bond acceptors (Lipinski definition) is 10. The lowest BCUT2D eigenvalue weighted by Crippen LogP contribution is -2.61. The topological polar surface area (TPSA) is 253 Å². The van der Waals surface area contributed by atoms with E-state index in [9.17, 15) is 48.3 Å². The molecular weight excluding hydrogens is 768 g/mol. The van der Waals surface area contributed by atoms with E-state index in [1.165, 1.54) is 18.9 Å². The van der Waals surface area contributed by atoms with Crippen LogP contribution in [-0.2, 0) is 51.8 Å². The number of benzene rings is 1. The number of primary amides is 1. The van der Waals surface area contributed by atoms with Gasteiger partial charge in [0.1, 0.15) is 29.9 Å². The van der Waals surface area contributed by atoms with Crippen molar-refractivity contribution in [2.45, 2.75) is 128 Å². The number of alkyl carbamates (subject to hydrolysis) is 1. The fraction of sp³-hybridized carbons (Fsp3) is 0.575. The number of rotatable bonds is 16. The number of fused-ring (bicyclic) bond motifs is 2. The van der Waals surface area contributed by atoms with Gasteiger partial charge in [-0.1, -0.05) is 25.0 Å². The molecule has 0 radical (unpaired) electrons. The monoisotopic (exact) mass is 822 g/mol. The average Bonchev–Trinajstić information content (AvgIpc) is 3.67. The highest BCUT2D eigenvalue weighted by Crippen LogP contribution is 2.32. The van der Waals surface area contributed by atoms with Crippen LogP contribution in [0.5, 0.6) is 0 Å². The van der Waals surface area contributed by atoms with Crippen molar-refractivity contribution in [2.24, 2.45) is 12.8 Å². The van der Waals surface area contributed by atoms with Crippen molar-refractivity contribution in [3.05, 3.63) is 46.0 Å². The number of aryl methyl sites for hydroxylation is 2. The molecule has 0 aliphatic carbocycles. The summed E-state index contributed by atoms with van der Waals surface area (Å²) < 4.78 is 8.37. The summed E-state index contributed by atoms with van der Waals surface area (Å²) in [6.07, 6.45) is 4.12. The molecule has 5 N–H and O–H groups in total. The maximum Gasteiger partial charge on any atom is 0.408 e. The molecule has 4 atom stereocenters. The number of carboxylic acids is 1. The van der Waals surface area contributed by atoms with E-state index in [1.807, 2.05) is 18.2 Å². The molecule has 19 nitrogen and oxygen atoms in total. The van der Waals surface area contributed by atoms with Gasteiger partial charge in [-0.05, 0) is 70.6 Å². The van der Waals surface area contributed by atoms with Crippen LogP contribution in [-0.4, -0.2) is 114 Å². The molecule has 19 heteroatoms. The third kappa shape index (κ3) is 10.5. The Morgan fingerprint density at radius 3 is 2.44 bits per heavy atom. The van der Waals surface area contributed by atoms with Gasteiger partial charge in [0.25, 0.3) is 5.91 Å². The van der Waals surface area contributed by atoms with Crippen molar-refractivity contribution in [1.82, 2.24) is 34.5 Å². The summed E-state index contributed by atoms with van der Waals surface area (Å²) in [6, 6.07) is 2.18. The van der Waals surface area contributed by atoms with Crippen molar-refractivity contribution < 1.29 is 48.2 Å². The molecule has 0 spiro atoms. The fourth-order valence-electron chi connectivity index (χ4n) is 7.94. The van der Waals surface area contributed by atoms with Crippen LogP contribution < -0.4 is 22.1 Å². The van der Waals surface area contributed by atoms with Gasteiger partial charge in [0, 0.05) is 51.4 Å². The number of aliphatic carboxylic acids is 1. The second-order valence-corrected chi connectivity index (χ2v) is 16.2. The molecule has 1 aromatic carbocycles. The Labute approximate surface area is 340 Å². The number of piperidine rings is 1. The molecule has 2 aromatic rings. The molecule has 2 fully saturated rings. The second kappa shape index (κ2) is 18.7. The van der Waals surface area contributed by atoms with Gasteiger partial charge >= 0.3 is 17.8 Å². The second-order valence-electron chi connectivity index (χ2n) is 16.2. The Morgan fingerprint density at radius 2 is 1.78 bits per heavy atom. The summed E-state index contributed by atoms with van der Waals surface area (Å²) >= 11 is 0. The molecule has 2 saturated heterocycles. The Morgan fingerprint density at radius 1 is 1.05 bits per heavy atom. The van der Waals surface area contributed by atoms with Gasteiger partial charge in [0.05, 0.1) is 17.6 Å². The molecule has 59 heavy (non-hydrogen) atoms. The van der Waals surface area contributed by atoms with Gasteiger partial charge in [-0.25, -0.2) is 14.4 Å². The molecular formula is C40H54N8O11. The zero-order valence-corrected chi connectivity index (χ0v) is 33.9. The van der Waals surface area contributed by atoms with Crippen LogP contribution in [0.3, 0.4) is 0 Å². The molecule has 5 rings (SSSR count). The number of unbranched alkanes of at least 4 members (excludes halogenated alkanes) is 3. The minimum absolute atomic E-state index is 0.0916. The quantitative estimate of drug-likeness (QED) is 0.107. The first-order valence-corrected chi connectivity index (χ1v) is 20.0. The van der Waals surface area contributed by atoms with Gasteiger partial charge in [0.2, 0.25) is 30.0 Å².